The highest BCUT2D eigenvalue weighted by molar-refractivity contribution is 5.89. The van der Waals surface area contributed by atoms with Crippen molar-refractivity contribution < 1.29 is 18.3 Å². The van der Waals surface area contributed by atoms with E-state index in [2.05, 4.69) is 9.72 Å². The molecule has 70 valence electrons. The van der Waals surface area contributed by atoms with Crippen LogP contribution in [-0.2, 0) is 4.74 Å². The van der Waals surface area contributed by atoms with Crippen molar-refractivity contribution in [1.82, 2.24) is 4.98 Å². The lowest BCUT2D eigenvalue weighted by Gasteiger charge is -2.01. The fraction of sp³-hybridized carbons (Fsp3) is 0.250. The maximum atomic E-state index is 12.8. The Balaban J connectivity index is 2.99. The predicted octanol–water partition coefficient (Wildman–Crippen LogP) is 1.54. The maximum Gasteiger partial charge on any atom is 0.342 e. The number of halogens is 2. The molecule has 5 heteroatoms. The molecule has 0 fully saturated rings. The molecule has 0 radical (unpaired) electrons. The van der Waals surface area contributed by atoms with E-state index in [-0.39, 0.29) is 6.61 Å². The van der Waals surface area contributed by atoms with E-state index in [4.69, 9.17) is 0 Å². The van der Waals surface area contributed by atoms with E-state index in [9.17, 15) is 13.6 Å². The third-order valence-electron chi connectivity index (χ3n) is 1.30. The molecule has 0 saturated carbocycles. The largest absolute Gasteiger partial charge is 0.462 e. The summed E-state index contributed by atoms with van der Waals surface area (Å²) < 4.78 is 29.8. The molecule has 0 aliphatic heterocycles. The normalized spacial score (nSPS) is 9.77. The molecule has 0 aliphatic carbocycles. The third-order valence-corrected chi connectivity index (χ3v) is 1.30. The van der Waals surface area contributed by atoms with Crippen molar-refractivity contribution in [2.45, 2.75) is 6.92 Å². The third kappa shape index (κ3) is 2.21. The maximum absolute atomic E-state index is 12.8. The molecule has 0 aliphatic rings. The van der Waals surface area contributed by atoms with Gasteiger partial charge in [0.25, 0.3) is 0 Å². The zero-order valence-electron chi connectivity index (χ0n) is 6.88. The number of pyridine rings is 1. The Morgan fingerprint density at radius 1 is 1.62 bits per heavy atom. The van der Waals surface area contributed by atoms with Crippen LogP contribution in [0.5, 0.6) is 0 Å². The molecular weight excluding hydrogens is 180 g/mol. The molecular formula is C8H7F2NO2. The second kappa shape index (κ2) is 3.93. The summed E-state index contributed by atoms with van der Waals surface area (Å²) in [6, 6.07) is 0.750. The van der Waals surface area contributed by atoms with Gasteiger partial charge in [-0.25, -0.2) is 14.2 Å². The van der Waals surface area contributed by atoms with E-state index in [1.54, 1.807) is 6.92 Å². The number of hydrogen-bond donors (Lipinski definition) is 0. The van der Waals surface area contributed by atoms with Gasteiger partial charge in [-0.15, -0.1) is 0 Å². The summed E-state index contributed by atoms with van der Waals surface area (Å²) >= 11 is 0. The van der Waals surface area contributed by atoms with Crippen LogP contribution in [0.15, 0.2) is 12.3 Å². The Morgan fingerprint density at radius 2 is 2.31 bits per heavy atom. The van der Waals surface area contributed by atoms with Crippen LogP contribution >= 0.6 is 0 Å². The van der Waals surface area contributed by atoms with E-state index in [0.29, 0.717) is 6.20 Å². The summed E-state index contributed by atoms with van der Waals surface area (Å²) in [5.74, 6) is -2.71. The minimum atomic E-state index is -1.03. The number of nitrogens with zero attached hydrogens (tertiary/aromatic N) is 1. The minimum absolute atomic E-state index is 0.106. The van der Waals surface area contributed by atoms with Gasteiger partial charge < -0.3 is 4.74 Å². The number of carbonyl (C=O) groups is 1. The quantitative estimate of drug-likeness (QED) is 0.520. The Bertz CT molecular complexity index is 328. The van der Waals surface area contributed by atoms with Gasteiger partial charge in [0.2, 0.25) is 5.95 Å². The fourth-order valence-electron chi connectivity index (χ4n) is 0.775. The number of rotatable bonds is 2. The van der Waals surface area contributed by atoms with Crippen LogP contribution in [0.25, 0.3) is 0 Å². The lowest BCUT2D eigenvalue weighted by molar-refractivity contribution is 0.0519. The van der Waals surface area contributed by atoms with Crippen LogP contribution < -0.4 is 0 Å². The molecule has 1 heterocycles. The van der Waals surface area contributed by atoms with Crippen LogP contribution in [0.2, 0.25) is 0 Å². The molecule has 1 rings (SSSR count). The van der Waals surface area contributed by atoms with E-state index >= 15 is 0 Å². The molecule has 0 bridgehead atoms. The van der Waals surface area contributed by atoms with Crippen LogP contribution in [-0.4, -0.2) is 17.6 Å². The Kier molecular flexibility index (Phi) is 2.89. The van der Waals surface area contributed by atoms with Gasteiger partial charge in [-0.1, -0.05) is 0 Å². The minimum Gasteiger partial charge on any atom is -0.462 e. The Morgan fingerprint density at radius 3 is 2.92 bits per heavy atom. The topological polar surface area (TPSA) is 39.2 Å². The van der Waals surface area contributed by atoms with Crippen molar-refractivity contribution in [1.29, 1.82) is 0 Å². The van der Waals surface area contributed by atoms with Crippen molar-refractivity contribution in [2.75, 3.05) is 6.61 Å². The zero-order valence-corrected chi connectivity index (χ0v) is 6.88. The lowest BCUT2D eigenvalue weighted by Crippen LogP contribution is -2.08. The summed E-state index contributed by atoms with van der Waals surface area (Å²) in [6.45, 7) is 1.68. The summed E-state index contributed by atoms with van der Waals surface area (Å²) in [6.07, 6.45) is 0.693. The average Bonchev–Trinajstić information content (AvgIpc) is 2.09. The van der Waals surface area contributed by atoms with Crippen molar-refractivity contribution in [3.8, 4) is 0 Å². The molecule has 1 aromatic heterocycles. The number of aromatic nitrogens is 1. The van der Waals surface area contributed by atoms with E-state index in [0.717, 1.165) is 6.07 Å². The van der Waals surface area contributed by atoms with Gasteiger partial charge in [0.1, 0.15) is 11.4 Å². The van der Waals surface area contributed by atoms with Crippen molar-refractivity contribution in [3.05, 3.63) is 29.6 Å². The smallest absolute Gasteiger partial charge is 0.342 e. The predicted molar refractivity (Wildman–Crippen MR) is 40.1 cm³/mol. The number of esters is 1. The van der Waals surface area contributed by atoms with Gasteiger partial charge in [0.15, 0.2) is 0 Å². The first-order chi connectivity index (χ1) is 6.15. The monoisotopic (exact) mass is 187 g/mol. The molecule has 3 nitrogen and oxygen atoms in total. The Hall–Kier alpha value is -1.52. The molecule has 13 heavy (non-hydrogen) atoms. The SMILES string of the molecule is CCOC(=O)c1cc(F)cnc1F. The summed E-state index contributed by atoms with van der Waals surface area (Å²) in [5, 5.41) is 0. The summed E-state index contributed by atoms with van der Waals surface area (Å²) in [4.78, 5) is 14.0. The van der Waals surface area contributed by atoms with Crippen LogP contribution in [0.3, 0.4) is 0 Å². The van der Waals surface area contributed by atoms with Crippen molar-refractivity contribution in [2.24, 2.45) is 0 Å². The summed E-state index contributed by atoms with van der Waals surface area (Å²) in [5.41, 5.74) is -0.484. The molecule has 0 atom stereocenters. The highest BCUT2D eigenvalue weighted by Gasteiger charge is 2.14. The van der Waals surface area contributed by atoms with Gasteiger partial charge in [0.05, 0.1) is 12.8 Å². The van der Waals surface area contributed by atoms with Gasteiger partial charge in [-0.2, -0.15) is 4.39 Å². The molecule has 0 saturated heterocycles. The molecule has 0 amide bonds. The van der Waals surface area contributed by atoms with E-state index in [1.807, 2.05) is 0 Å². The highest BCUT2D eigenvalue weighted by Crippen LogP contribution is 2.07. The first-order valence-corrected chi connectivity index (χ1v) is 3.63. The van der Waals surface area contributed by atoms with Gasteiger partial charge in [-0.05, 0) is 13.0 Å². The van der Waals surface area contributed by atoms with Gasteiger partial charge in [0, 0.05) is 0 Å². The first kappa shape index (κ1) is 9.57. The second-order valence-corrected chi connectivity index (χ2v) is 2.21. The second-order valence-electron chi connectivity index (χ2n) is 2.21. The number of hydrogen-bond acceptors (Lipinski definition) is 3. The van der Waals surface area contributed by atoms with Gasteiger partial charge in [-0.3, -0.25) is 0 Å². The van der Waals surface area contributed by atoms with Crippen molar-refractivity contribution >= 4 is 5.97 Å². The molecule has 0 unspecified atom stereocenters. The molecule has 1 aromatic rings. The molecule has 0 N–H and O–H groups in total. The Labute approximate surface area is 73.4 Å². The highest BCUT2D eigenvalue weighted by atomic mass is 19.1. The van der Waals surface area contributed by atoms with Crippen molar-refractivity contribution in [3.63, 3.8) is 0 Å². The standard InChI is InChI=1S/C8H7F2NO2/c1-2-13-8(12)6-3-5(9)4-11-7(6)10/h3-4H,2H2,1H3. The number of ether oxygens (including phenoxy) is 1. The average molecular weight is 187 g/mol. The lowest BCUT2D eigenvalue weighted by atomic mass is 10.3. The van der Waals surface area contributed by atoms with E-state index < -0.39 is 23.3 Å². The van der Waals surface area contributed by atoms with Gasteiger partial charge >= 0.3 is 5.97 Å². The number of carbonyl (C=O) groups excluding carboxylic acids is 1. The van der Waals surface area contributed by atoms with E-state index in [1.165, 1.54) is 0 Å². The molecule has 0 aromatic carbocycles. The molecule has 0 spiro atoms. The fourth-order valence-corrected chi connectivity index (χ4v) is 0.775. The first-order valence-electron chi connectivity index (χ1n) is 3.63. The van der Waals surface area contributed by atoms with Crippen LogP contribution in [0.4, 0.5) is 8.78 Å². The van der Waals surface area contributed by atoms with Crippen LogP contribution in [0.1, 0.15) is 17.3 Å². The summed E-state index contributed by atoms with van der Waals surface area (Å²) in [7, 11) is 0. The zero-order chi connectivity index (χ0) is 9.84. The van der Waals surface area contributed by atoms with Crippen LogP contribution in [0, 0.1) is 11.8 Å².